The van der Waals surface area contributed by atoms with E-state index in [9.17, 15) is 0 Å². The van der Waals surface area contributed by atoms with Crippen molar-refractivity contribution in [3.05, 3.63) is 29.8 Å². The second-order valence-electron chi connectivity index (χ2n) is 1.84. The summed E-state index contributed by atoms with van der Waals surface area (Å²) in [6.07, 6.45) is 0. The molecule has 0 saturated carbocycles. The molecule has 0 atom stereocenters. The summed E-state index contributed by atoms with van der Waals surface area (Å²) in [6, 6.07) is 7.09. The van der Waals surface area contributed by atoms with E-state index in [0.29, 0.717) is 5.75 Å². The van der Waals surface area contributed by atoms with E-state index < -0.39 is 0 Å². The summed E-state index contributed by atoms with van der Waals surface area (Å²) in [5, 5.41) is 8.76. The Bertz CT molecular complexity index is 158. The molecule has 0 aliphatic rings. The Hall–Kier alpha value is -1.31. The van der Waals surface area contributed by atoms with Crippen LogP contribution in [-0.4, -0.2) is 11.9 Å². The van der Waals surface area contributed by atoms with Crippen LogP contribution >= 0.6 is 0 Å². The van der Waals surface area contributed by atoms with Gasteiger partial charge < -0.3 is 9.90 Å². The van der Waals surface area contributed by atoms with Crippen molar-refractivity contribution in [2.75, 3.05) is 0 Å². The number of aryl methyl sites for hydroxylation is 1. The van der Waals surface area contributed by atoms with Gasteiger partial charge in [0.2, 0.25) is 0 Å². The number of carbonyl (C=O) groups is 1. The predicted octanol–water partition coefficient (Wildman–Crippen LogP) is 1.52. The van der Waals surface area contributed by atoms with Gasteiger partial charge >= 0.3 is 0 Å². The monoisotopic (exact) mass is 138 g/mol. The lowest BCUT2D eigenvalue weighted by atomic mass is 10.2. The van der Waals surface area contributed by atoms with Gasteiger partial charge in [-0.15, -0.1) is 0 Å². The van der Waals surface area contributed by atoms with E-state index in [2.05, 4.69) is 0 Å². The molecule has 2 heteroatoms. The van der Waals surface area contributed by atoms with E-state index in [1.54, 1.807) is 12.1 Å². The SMILES string of the molecule is C=O.Cc1ccc(O)cc1. The summed E-state index contributed by atoms with van der Waals surface area (Å²) in [5.74, 6) is 0.329. The minimum absolute atomic E-state index is 0.329. The molecule has 0 bridgehead atoms. The molecule has 2 nitrogen and oxygen atoms in total. The van der Waals surface area contributed by atoms with Crippen LogP contribution in [0.4, 0.5) is 0 Å². The number of hydrogen-bond donors (Lipinski definition) is 1. The highest BCUT2D eigenvalue weighted by Crippen LogP contribution is 2.07. The molecule has 1 aromatic rings. The van der Waals surface area contributed by atoms with Gasteiger partial charge in [-0.25, -0.2) is 0 Å². The molecule has 0 spiro atoms. The van der Waals surface area contributed by atoms with Crippen LogP contribution in [0.1, 0.15) is 5.56 Å². The molecule has 0 aliphatic heterocycles. The van der Waals surface area contributed by atoms with Crippen LogP contribution in [0, 0.1) is 6.92 Å². The van der Waals surface area contributed by atoms with Crippen LogP contribution in [0.2, 0.25) is 0 Å². The molecule has 0 radical (unpaired) electrons. The van der Waals surface area contributed by atoms with Gasteiger partial charge in [0.25, 0.3) is 0 Å². The first-order valence-electron chi connectivity index (χ1n) is 2.83. The minimum atomic E-state index is 0.329. The second-order valence-corrected chi connectivity index (χ2v) is 1.84. The standard InChI is InChI=1S/C7H8O.CH2O/c1-6-2-4-7(8)5-3-6;1-2/h2-5,8H,1H3;1H2. The van der Waals surface area contributed by atoms with Gasteiger partial charge in [-0.05, 0) is 19.1 Å². The summed E-state index contributed by atoms with van der Waals surface area (Å²) >= 11 is 0. The number of aromatic hydroxyl groups is 1. The van der Waals surface area contributed by atoms with Gasteiger partial charge in [-0.3, -0.25) is 0 Å². The van der Waals surface area contributed by atoms with Crippen LogP contribution in [0.3, 0.4) is 0 Å². The average molecular weight is 138 g/mol. The highest BCUT2D eigenvalue weighted by atomic mass is 16.3. The molecule has 0 amide bonds. The van der Waals surface area contributed by atoms with Crippen LogP contribution in [0.25, 0.3) is 0 Å². The Kier molecular flexibility index (Phi) is 3.96. The maximum absolute atomic E-state index is 8.76. The lowest BCUT2D eigenvalue weighted by Crippen LogP contribution is -1.66. The molecular formula is C8H10O2. The molecule has 54 valence electrons. The molecule has 0 heterocycles. The smallest absolute Gasteiger partial charge is 0.115 e. The lowest BCUT2D eigenvalue weighted by molar-refractivity contribution is -0.0979. The zero-order valence-electron chi connectivity index (χ0n) is 5.87. The fourth-order valence-electron chi connectivity index (χ4n) is 0.545. The number of rotatable bonds is 0. The zero-order valence-corrected chi connectivity index (χ0v) is 5.87. The van der Waals surface area contributed by atoms with Crippen molar-refractivity contribution in [2.45, 2.75) is 6.92 Å². The lowest BCUT2D eigenvalue weighted by Gasteiger charge is -1.89. The van der Waals surface area contributed by atoms with Crippen LogP contribution < -0.4 is 0 Å². The minimum Gasteiger partial charge on any atom is -0.508 e. The quantitative estimate of drug-likeness (QED) is 0.590. The molecule has 10 heavy (non-hydrogen) atoms. The average Bonchev–Trinajstić information content (AvgIpc) is 2.00. The molecule has 0 aromatic heterocycles. The van der Waals surface area contributed by atoms with Crippen molar-refractivity contribution in [1.29, 1.82) is 0 Å². The third-order valence-corrected chi connectivity index (χ3v) is 1.03. The molecule has 0 fully saturated rings. The highest BCUT2D eigenvalue weighted by Gasteiger charge is 1.82. The molecule has 1 aromatic carbocycles. The first-order valence-corrected chi connectivity index (χ1v) is 2.83. The first kappa shape index (κ1) is 8.69. The molecule has 0 aliphatic carbocycles. The van der Waals surface area contributed by atoms with Crippen LogP contribution in [0.15, 0.2) is 24.3 Å². The molecule has 1 N–H and O–H groups in total. The Labute approximate surface area is 60.1 Å². The Morgan fingerprint density at radius 2 is 1.60 bits per heavy atom. The van der Waals surface area contributed by atoms with Gasteiger partial charge in [0.15, 0.2) is 0 Å². The number of carbonyl (C=O) groups excluding carboxylic acids is 1. The molecule has 0 saturated heterocycles. The summed E-state index contributed by atoms with van der Waals surface area (Å²) in [7, 11) is 0. The maximum atomic E-state index is 8.76. The Balaban J connectivity index is 0.000000371. The second kappa shape index (κ2) is 4.56. The summed E-state index contributed by atoms with van der Waals surface area (Å²) in [4.78, 5) is 8.00. The fourth-order valence-corrected chi connectivity index (χ4v) is 0.545. The van der Waals surface area contributed by atoms with Gasteiger partial charge in [0, 0.05) is 0 Å². The Morgan fingerprint density at radius 3 is 1.90 bits per heavy atom. The molecule has 1 rings (SSSR count). The molecular weight excluding hydrogens is 128 g/mol. The topological polar surface area (TPSA) is 37.3 Å². The van der Waals surface area contributed by atoms with Crippen molar-refractivity contribution in [3.8, 4) is 5.75 Å². The molecule has 0 unspecified atom stereocenters. The van der Waals surface area contributed by atoms with Gasteiger partial charge in [0.1, 0.15) is 12.5 Å². The Morgan fingerprint density at radius 1 is 1.20 bits per heavy atom. The fraction of sp³-hybridized carbons (Fsp3) is 0.125. The van der Waals surface area contributed by atoms with Crippen molar-refractivity contribution in [1.82, 2.24) is 0 Å². The third kappa shape index (κ3) is 2.87. The number of benzene rings is 1. The van der Waals surface area contributed by atoms with Crippen molar-refractivity contribution < 1.29 is 9.90 Å². The first-order chi connectivity index (χ1) is 4.79. The largest absolute Gasteiger partial charge is 0.508 e. The summed E-state index contributed by atoms with van der Waals surface area (Å²) in [6.45, 7) is 3.99. The van der Waals surface area contributed by atoms with Crippen molar-refractivity contribution in [2.24, 2.45) is 0 Å². The van der Waals surface area contributed by atoms with Gasteiger partial charge in [0.05, 0.1) is 0 Å². The highest BCUT2D eigenvalue weighted by molar-refractivity contribution is 5.24. The van der Waals surface area contributed by atoms with Gasteiger partial charge in [-0.2, -0.15) is 0 Å². The van der Waals surface area contributed by atoms with Crippen molar-refractivity contribution in [3.63, 3.8) is 0 Å². The van der Waals surface area contributed by atoms with E-state index in [1.807, 2.05) is 25.8 Å². The van der Waals surface area contributed by atoms with E-state index in [0.717, 1.165) is 0 Å². The predicted molar refractivity (Wildman–Crippen MR) is 40.0 cm³/mol. The number of phenolic OH excluding ortho intramolecular Hbond substituents is 1. The number of phenols is 1. The number of hydrogen-bond acceptors (Lipinski definition) is 2. The normalized spacial score (nSPS) is 7.70. The van der Waals surface area contributed by atoms with Crippen LogP contribution in [-0.2, 0) is 4.79 Å². The van der Waals surface area contributed by atoms with Crippen LogP contribution in [0.5, 0.6) is 5.75 Å². The third-order valence-electron chi connectivity index (χ3n) is 1.03. The van der Waals surface area contributed by atoms with Gasteiger partial charge in [-0.1, -0.05) is 17.7 Å². The van der Waals surface area contributed by atoms with E-state index in [-0.39, 0.29) is 0 Å². The van der Waals surface area contributed by atoms with Crippen molar-refractivity contribution >= 4 is 6.79 Å². The van der Waals surface area contributed by atoms with E-state index >= 15 is 0 Å². The summed E-state index contributed by atoms with van der Waals surface area (Å²) < 4.78 is 0. The maximum Gasteiger partial charge on any atom is 0.115 e. The van der Waals surface area contributed by atoms with E-state index in [1.165, 1.54) is 5.56 Å². The zero-order chi connectivity index (χ0) is 7.98. The summed E-state index contributed by atoms with van der Waals surface area (Å²) in [5.41, 5.74) is 1.17. The van der Waals surface area contributed by atoms with E-state index in [4.69, 9.17) is 9.90 Å².